The molecule has 1 aromatic carbocycles. The number of carbonyl (C=O) groups excluding carboxylic acids is 1. The van der Waals surface area contributed by atoms with Gasteiger partial charge in [-0.25, -0.2) is 9.89 Å². The van der Waals surface area contributed by atoms with Gasteiger partial charge in [-0.3, -0.25) is 9.59 Å². The van der Waals surface area contributed by atoms with Crippen LogP contribution in [0.1, 0.15) is 10.5 Å². The topological polar surface area (TPSA) is 123 Å². The van der Waals surface area contributed by atoms with Crippen molar-refractivity contribution in [2.24, 2.45) is 0 Å². The van der Waals surface area contributed by atoms with Crippen LogP contribution in [0.2, 0.25) is 0 Å². The molecule has 20 heavy (non-hydrogen) atoms. The fourth-order valence-electron chi connectivity index (χ4n) is 1.78. The van der Waals surface area contributed by atoms with E-state index in [4.69, 9.17) is 0 Å². The lowest BCUT2D eigenvalue weighted by Gasteiger charge is -2.03. The summed E-state index contributed by atoms with van der Waals surface area (Å²) in [4.78, 5) is 39.1. The largest absolute Gasteiger partial charge is 0.323 e. The molecule has 0 aliphatic carbocycles. The first-order chi connectivity index (χ1) is 9.61. The number of H-pyrrole nitrogens is 3. The molecule has 0 atom stereocenters. The standard InChI is InChI=1S/C12H9N5O3/c18-10-4-3-8(16-17-10)11(19)13-6-1-2-7-9(5-6)15-12(20)14-7/h1-5H,(H,13,19)(H,17,18)(H2,14,15,20). The molecule has 100 valence electrons. The highest BCUT2D eigenvalue weighted by Crippen LogP contribution is 2.14. The predicted molar refractivity (Wildman–Crippen MR) is 71.7 cm³/mol. The van der Waals surface area contributed by atoms with E-state index in [1.54, 1.807) is 18.2 Å². The van der Waals surface area contributed by atoms with E-state index in [-0.39, 0.29) is 16.9 Å². The van der Waals surface area contributed by atoms with Gasteiger partial charge in [-0.1, -0.05) is 0 Å². The van der Waals surface area contributed by atoms with Crippen molar-refractivity contribution in [2.75, 3.05) is 5.32 Å². The van der Waals surface area contributed by atoms with Gasteiger partial charge in [-0.15, -0.1) is 0 Å². The second-order valence-electron chi connectivity index (χ2n) is 4.10. The normalized spacial score (nSPS) is 10.6. The summed E-state index contributed by atoms with van der Waals surface area (Å²) in [5.74, 6) is -0.460. The first-order valence-corrected chi connectivity index (χ1v) is 5.71. The summed E-state index contributed by atoms with van der Waals surface area (Å²) in [6.07, 6.45) is 0. The molecule has 0 aliphatic heterocycles. The summed E-state index contributed by atoms with van der Waals surface area (Å²) in [5.41, 5.74) is 1.13. The molecule has 8 heteroatoms. The van der Waals surface area contributed by atoms with Gasteiger partial charge in [0, 0.05) is 11.8 Å². The highest BCUT2D eigenvalue weighted by molar-refractivity contribution is 6.03. The highest BCUT2D eigenvalue weighted by Gasteiger charge is 2.08. The molecule has 2 aromatic heterocycles. The molecule has 3 aromatic rings. The van der Waals surface area contributed by atoms with Crippen molar-refractivity contribution in [1.82, 2.24) is 20.2 Å². The zero-order valence-corrected chi connectivity index (χ0v) is 10.1. The summed E-state index contributed by atoms with van der Waals surface area (Å²) >= 11 is 0. The third-order valence-corrected chi connectivity index (χ3v) is 2.69. The van der Waals surface area contributed by atoms with Gasteiger partial charge in [0.15, 0.2) is 0 Å². The Kier molecular flexibility index (Phi) is 2.68. The van der Waals surface area contributed by atoms with E-state index in [0.717, 1.165) is 0 Å². The Labute approximate surface area is 110 Å². The number of nitrogens with zero attached hydrogens (tertiary/aromatic N) is 1. The number of hydrogen-bond donors (Lipinski definition) is 4. The third kappa shape index (κ3) is 2.21. The number of anilines is 1. The molecule has 1 amide bonds. The van der Waals surface area contributed by atoms with Crippen LogP contribution in [0, 0.1) is 0 Å². The quantitative estimate of drug-likeness (QED) is 0.531. The summed E-state index contributed by atoms with van der Waals surface area (Å²) in [5, 5.41) is 8.43. The SMILES string of the molecule is O=C(Nc1ccc2[nH]c(=O)[nH]c2c1)c1ccc(=O)[nH]n1. The number of nitrogens with one attached hydrogen (secondary N) is 4. The van der Waals surface area contributed by atoms with E-state index in [2.05, 4.69) is 25.5 Å². The van der Waals surface area contributed by atoms with Crippen LogP contribution in [0.4, 0.5) is 5.69 Å². The van der Waals surface area contributed by atoms with Crippen molar-refractivity contribution in [2.45, 2.75) is 0 Å². The number of fused-ring (bicyclic) bond motifs is 1. The minimum atomic E-state index is -0.460. The highest BCUT2D eigenvalue weighted by atomic mass is 16.2. The van der Waals surface area contributed by atoms with E-state index >= 15 is 0 Å². The van der Waals surface area contributed by atoms with Crippen LogP contribution in [0.3, 0.4) is 0 Å². The maximum absolute atomic E-state index is 11.9. The van der Waals surface area contributed by atoms with Gasteiger partial charge < -0.3 is 15.3 Å². The number of benzene rings is 1. The Balaban J connectivity index is 1.88. The monoisotopic (exact) mass is 271 g/mol. The Hall–Kier alpha value is -3.16. The van der Waals surface area contributed by atoms with Crippen LogP contribution < -0.4 is 16.6 Å². The van der Waals surface area contributed by atoms with Crippen molar-refractivity contribution in [3.63, 3.8) is 0 Å². The van der Waals surface area contributed by atoms with Gasteiger partial charge in [0.1, 0.15) is 5.69 Å². The van der Waals surface area contributed by atoms with E-state index < -0.39 is 5.91 Å². The van der Waals surface area contributed by atoms with E-state index in [1.165, 1.54) is 12.1 Å². The molecule has 0 spiro atoms. The molecule has 4 N–H and O–H groups in total. The Bertz CT molecular complexity index is 885. The van der Waals surface area contributed by atoms with Crippen LogP contribution in [0.5, 0.6) is 0 Å². The second kappa shape index (κ2) is 4.50. The number of aromatic amines is 3. The lowest BCUT2D eigenvalue weighted by atomic mass is 10.2. The molecular formula is C12H9N5O3. The van der Waals surface area contributed by atoms with Crippen LogP contribution in [-0.2, 0) is 0 Å². The molecule has 0 radical (unpaired) electrons. The fraction of sp³-hybridized carbons (Fsp3) is 0. The van der Waals surface area contributed by atoms with Crippen LogP contribution in [0.15, 0.2) is 39.9 Å². The zero-order valence-electron chi connectivity index (χ0n) is 10.1. The molecule has 3 rings (SSSR count). The van der Waals surface area contributed by atoms with E-state index in [0.29, 0.717) is 16.7 Å². The van der Waals surface area contributed by atoms with Crippen LogP contribution >= 0.6 is 0 Å². The average Bonchev–Trinajstić information content (AvgIpc) is 2.78. The molecule has 0 unspecified atom stereocenters. The maximum atomic E-state index is 11.9. The minimum absolute atomic E-state index is 0.0901. The Morgan fingerprint density at radius 1 is 1.05 bits per heavy atom. The molecule has 0 saturated heterocycles. The summed E-state index contributed by atoms with van der Waals surface area (Å²) in [6.45, 7) is 0. The Morgan fingerprint density at radius 2 is 1.85 bits per heavy atom. The summed E-state index contributed by atoms with van der Waals surface area (Å²) in [6, 6.07) is 7.48. The van der Waals surface area contributed by atoms with Gasteiger partial charge in [0.25, 0.3) is 11.5 Å². The number of carbonyl (C=O) groups is 1. The number of rotatable bonds is 2. The van der Waals surface area contributed by atoms with E-state index in [9.17, 15) is 14.4 Å². The molecule has 8 nitrogen and oxygen atoms in total. The second-order valence-corrected chi connectivity index (χ2v) is 4.10. The minimum Gasteiger partial charge on any atom is -0.321 e. The van der Waals surface area contributed by atoms with Gasteiger partial charge in [-0.2, -0.15) is 5.10 Å². The fourth-order valence-corrected chi connectivity index (χ4v) is 1.78. The van der Waals surface area contributed by atoms with Crippen molar-refractivity contribution in [3.05, 3.63) is 56.9 Å². The molecule has 2 heterocycles. The van der Waals surface area contributed by atoms with Gasteiger partial charge in [0.2, 0.25) is 0 Å². The Morgan fingerprint density at radius 3 is 2.60 bits per heavy atom. The van der Waals surface area contributed by atoms with Gasteiger partial charge in [-0.05, 0) is 24.3 Å². The van der Waals surface area contributed by atoms with E-state index in [1.807, 2.05) is 0 Å². The van der Waals surface area contributed by atoms with Crippen molar-refractivity contribution in [3.8, 4) is 0 Å². The molecule has 0 fully saturated rings. The lowest BCUT2D eigenvalue weighted by Crippen LogP contribution is -2.17. The first-order valence-electron chi connectivity index (χ1n) is 5.71. The maximum Gasteiger partial charge on any atom is 0.323 e. The van der Waals surface area contributed by atoms with Crippen molar-refractivity contribution >= 4 is 22.6 Å². The number of aromatic nitrogens is 4. The summed E-state index contributed by atoms with van der Waals surface area (Å²) < 4.78 is 0. The first kappa shape index (κ1) is 11.9. The number of amides is 1. The predicted octanol–water partition coefficient (Wildman–Crippen LogP) is 0.192. The third-order valence-electron chi connectivity index (χ3n) is 2.69. The number of imidazole rings is 1. The molecule has 0 bridgehead atoms. The molecule has 0 saturated carbocycles. The lowest BCUT2D eigenvalue weighted by molar-refractivity contribution is 0.102. The van der Waals surface area contributed by atoms with Crippen molar-refractivity contribution in [1.29, 1.82) is 0 Å². The van der Waals surface area contributed by atoms with Gasteiger partial charge in [0.05, 0.1) is 11.0 Å². The summed E-state index contributed by atoms with van der Waals surface area (Å²) in [7, 11) is 0. The van der Waals surface area contributed by atoms with Crippen molar-refractivity contribution < 1.29 is 4.79 Å². The zero-order chi connectivity index (χ0) is 14.1. The smallest absolute Gasteiger partial charge is 0.321 e. The molecule has 0 aliphatic rings. The average molecular weight is 271 g/mol. The van der Waals surface area contributed by atoms with Crippen LogP contribution in [0.25, 0.3) is 11.0 Å². The number of hydrogen-bond acceptors (Lipinski definition) is 4. The van der Waals surface area contributed by atoms with Gasteiger partial charge >= 0.3 is 5.69 Å². The molecular weight excluding hydrogens is 262 g/mol. The van der Waals surface area contributed by atoms with Crippen LogP contribution in [-0.4, -0.2) is 26.1 Å².